The van der Waals surface area contributed by atoms with Crippen molar-refractivity contribution in [2.75, 3.05) is 0 Å². The molecular weight excluding hydrogens is 464 g/mol. The van der Waals surface area contributed by atoms with Crippen LogP contribution < -0.4 is 10.6 Å². The van der Waals surface area contributed by atoms with Gasteiger partial charge in [0.1, 0.15) is 23.2 Å². The topological polar surface area (TPSA) is 145 Å². The summed E-state index contributed by atoms with van der Waals surface area (Å²) in [6.07, 6.45) is 15.1. The molecule has 0 aromatic rings. The normalized spacial score (nSPS) is 26.8. The van der Waals surface area contributed by atoms with Crippen molar-refractivity contribution in [1.29, 1.82) is 0 Å². The Morgan fingerprint density at radius 1 is 1.14 bits per heavy atom. The number of carbonyl (C=O) groups excluding carboxylic acids is 4. The van der Waals surface area contributed by atoms with Crippen LogP contribution in [-0.2, 0) is 23.9 Å². The van der Waals surface area contributed by atoms with Crippen molar-refractivity contribution in [2.24, 2.45) is 5.92 Å². The van der Waals surface area contributed by atoms with Crippen molar-refractivity contribution in [3.63, 3.8) is 0 Å². The number of Topliss-reactive ketones (excluding diaryl/α,β-unsaturated/α-hetero) is 2. The molecular formula is C27H32N2O7. The number of hydrogen-bond acceptors (Lipinski definition) is 7. The standard InChI is InChI=1S/C27H32N2O7/c1-3-4-9-17(2)11-14-22(33)28-18-16-27(35,26-25(36-26)24(18)34)15-8-6-5-7-10-21(32)29-23-19(30)12-13-20(23)31/h5-8,10-11,14-17,25-26,30,35H,3-4,9,12-13H2,1-2H3,(H,28,33)(H,29,32)/b6-5+,10-7+,14-11+,15-8+/t17?,25-,26-,27?/m1/s1. The van der Waals surface area contributed by atoms with E-state index in [2.05, 4.69) is 17.6 Å². The van der Waals surface area contributed by atoms with Gasteiger partial charge in [0.2, 0.25) is 17.6 Å². The molecule has 1 aliphatic heterocycles. The van der Waals surface area contributed by atoms with Crippen LogP contribution in [0.25, 0.3) is 0 Å². The van der Waals surface area contributed by atoms with Crippen LogP contribution in [0.2, 0.25) is 0 Å². The lowest BCUT2D eigenvalue weighted by atomic mass is 9.88. The number of amides is 2. The van der Waals surface area contributed by atoms with Gasteiger partial charge in [-0.2, -0.15) is 0 Å². The van der Waals surface area contributed by atoms with E-state index >= 15 is 0 Å². The van der Waals surface area contributed by atoms with Crippen molar-refractivity contribution >= 4 is 23.4 Å². The molecule has 0 spiro atoms. The van der Waals surface area contributed by atoms with Crippen LogP contribution in [0.1, 0.15) is 46.0 Å². The predicted molar refractivity (Wildman–Crippen MR) is 132 cm³/mol. The Kier molecular flexibility index (Phi) is 8.95. The minimum Gasteiger partial charge on any atom is -0.510 e. The number of aliphatic hydroxyl groups is 2. The third-order valence-corrected chi connectivity index (χ3v) is 6.04. The minimum absolute atomic E-state index is 0.0173. The average molecular weight is 497 g/mol. The average Bonchev–Trinajstić information content (AvgIpc) is 3.60. The Hall–Kier alpha value is -3.56. The van der Waals surface area contributed by atoms with Crippen molar-refractivity contribution in [1.82, 2.24) is 10.6 Å². The number of allylic oxidation sites excluding steroid dienone is 7. The molecule has 0 bridgehead atoms. The van der Waals surface area contributed by atoms with E-state index in [0.29, 0.717) is 0 Å². The molecule has 9 nitrogen and oxygen atoms in total. The number of unbranched alkanes of at least 4 members (excludes halogenated alkanes) is 1. The van der Waals surface area contributed by atoms with Crippen LogP contribution in [0.4, 0.5) is 0 Å². The second-order valence-electron chi connectivity index (χ2n) is 9.09. The van der Waals surface area contributed by atoms with Crippen molar-refractivity contribution in [2.45, 2.75) is 63.8 Å². The van der Waals surface area contributed by atoms with Gasteiger partial charge in [0.25, 0.3) is 0 Å². The zero-order valence-electron chi connectivity index (χ0n) is 20.4. The second kappa shape index (κ2) is 11.9. The van der Waals surface area contributed by atoms with Crippen LogP contribution in [0.3, 0.4) is 0 Å². The Balaban J connectivity index is 1.56. The molecule has 0 aromatic heterocycles. The van der Waals surface area contributed by atoms with Crippen molar-refractivity contribution < 1.29 is 34.1 Å². The Morgan fingerprint density at radius 2 is 1.86 bits per heavy atom. The number of rotatable bonds is 11. The largest absolute Gasteiger partial charge is 0.510 e. The number of carbonyl (C=O) groups is 4. The zero-order valence-corrected chi connectivity index (χ0v) is 20.4. The Morgan fingerprint density at radius 3 is 2.56 bits per heavy atom. The van der Waals surface area contributed by atoms with Gasteiger partial charge in [-0.15, -0.1) is 0 Å². The van der Waals surface area contributed by atoms with E-state index in [0.717, 1.165) is 19.3 Å². The van der Waals surface area contributed by atoms with Crippen LogP contribution in [0, 0.1) is 5.92 Å². The highest BCUT2D eigenvalue weighted by molar-refractivity contribution is 6.06. The highest BCUT2D eigenvalue weighted by Gasteiger charge is 2.59. The van der Waals surface area contributed by atoms with E-state index in [4.69, 9.17) is 4.74 Å². The van der Waals surface area contributed by atoms with Gasteiger partial charge in [-0.05, 0) is 30.6 Å². The smallest absolute Gasteiger partial charge is 0.248 e. The molecule has 1 fully saturated rings. The lowest BCUT2D eigenvalue weighted by Crippen LogP contribution is -2.42. The van der Waals surface area contributed by atoms with Gasteiger partial charge in [-0.25, -0.2) is 0 Å². The van der Waals surface area contributed by atoms with Gasteiger partial charge in [-0.3, -0.25) is 19.2 Å². The van der Waals surface area contributed by atoms with Crippen LogP contribution >= 0.6 is 0 Å². The maximum Gasteiger partial charge on any atom is 0.248 e. The lowest BCUT2D eigenvalue weighted by Gasteiger charge is -2.23. The molecule has 192 valence electrons. The van der Waals surface area contributed by atoms with Gasteiger partial charge in [0, 0.05) is 18.9 Å². The fraction of sp³-hybridized carbons (Fsp3) is 0.407. The number of ketones is 2. The quantitative estimate of drug-likeness (QED) is 0.195. The van der Waals surface area contributed by atoms with Gasteiger partial charge in [0.05, 0.1) is 5.70 Å². The van der Waals surface area contributed by atoms with Gasteiger partial charge >= 0.3 is 0 Å². The van der Waals surface area contributed by atoms with E-state index in [1.165, 1.54) is 42.5 Å². The number of epoxide rings is 1. The molecule has 4 N–H and O–H groups in total. The van der Waals surface area contributed by atoms with Crippen LogP contribution in [-0.4, -0.2) is 51.4 Å². The number of ether oxygens (including phenoxy) is 1. The molecule has 4 atom stereocenters. The summed E-state index contributed by atoms with van der Waals surface area (Å²) in [7, 11) is 0. The lowest BCUT2D eigenvalue weighted by molar-refractivity contribution is -0.121. The molecule has 1 heterocycles. The van der Waals surface area contributed by atoms with Gasteiger partial charge in [-0.1, -0.05) is 57.1 Å². The summed E-state index contributed by atoms with van der Waals surface area (Å²) in [5.41, 5.74) is -1.67. The Bertz CT molecular complexity index is 1100. The molecule has 2 unspecified atom stereocenters. The maximum absolute atomic E-state index is 12.4. The molecule has 3 rings (SSSR count). The highest BCUT2D eigenvalue weighted by atomic mass is 16.6. The number of fused-ring (bicyclic) bond motifs is 1. The first-order valence-corrected chi connectivity index (χ1v) is 12.1. The third-order valence-electron chi connectivity index (χ3n) is 6.04. The first-order valence-electron chi connectivity index (χ1n) is 12.1. The summed E-state index contributed by atoms with van der Waals surface area (Å²) in [5, 5.41) is 25.5. The van der Waals surface area contributed by atoms with Crippen LogP contribution in [0.15, 0.2) is 71.8 Å². The third kappa shape index (κ3) is 6.99. The number of aliphatic hydroxyl groups excluding tert-OH is 1. The molecule has 36 heavy (non-hydrogen) atoms. The molecule has 0 aromatic carbocycles. The van der Waals surface area contributed by atoms with E-state index in [1.807, 2.05) is 6.92 Å². The Labute approximate surface area is 210 Å². The molecule has 2 aliphatic carbocycles. The van der Waals surface area contributed by atoms with Gasteiger partial charge in [0.15, 0.2) is 11.9 Å². The summed E-state index contributed by atoms with van der Waals surface area (Å²) >= 11 is 0. The molecule has 9 heteroatoms. The predicted octanol–water partition coefficient (Wildman–Crippen LogP) is 2.37. The maximum atomic E-state index is 12.4. The number of nitrogens with one attached hydrogen (secondary N) is 2. The SMILES string of the molecule is CCCCC(C)/C=C/C(=O)NC1=CC(O)(/C=C/C=C/C=C/C(=O)NC2=C(O)CCC2=O)[C@@H]2O[C@@H]2C1=O. The molecule has 1 saturated heterocycles. The molecule has 2 amide bonds. The summed E-state index contributed by atoms with van der Waals surface area (Å²) in [6, 6.07) is 0. The summed E-state index contributed by atoms with van der Waals surface area (Å²) in [6.45, 7) is 4.12. The first-order chi connectivity index (χ1) is 17.1. The fourth-order valence-electron chi connectivity index (χ4n) is 3.92. The summed E-state index contributed by atoms with van der Waals surface area (Å²) < 4.78 is 5.33. The monoisotopic (exact) mass is 496 g/mol. The second-order valence-corrected chi connectivity index (χ2v) is 9.09. The molecule has 0 saturated carbocycles. The van der Waals surface area contributed by atoms with E-state index in [-0.39, 0.29) is 47.5 Å². The molecule has 3 aliphatic rings. The van der Waals surface area contributed by atoms with Crippen molar-refractivity contribution in [3.8, 4) is 0 Å². The van der Waals surface area contributed by atoms with Crippen LogP contribution in [0.5, 0.6) is 0 Å². The van der Waals surface area contributed by atoms with E-state index in [9.17, 15) is 29.4 Å². The van der Waals surface area contributed by atoms with E-state index < -0.39 is 29.6 Å². The van der Waals surface area contributed by atoms with E-state index in [1.54, 1.807) is 12.2 Å². The fourth-order valence-corrected chi connectivity index (χ4v) is 3.92. The zero-order chi connectivity index (χ0) is 26.3. The highest BCUT2D eigenvalue weighted by Crippen LogP contribution is 2.40. The minimum atomic E-state index is -1.59. The number of hydrogen-bond donors (Lipinski definition) is 4. The summed E-state index contributed by atoms with van der Waals surface area (Å²) in [4.78, 5) is 48.2. The molecule has 0 radical (unpaired) electrons. The first kappa shape index (κ1) is 27.0. The summed E-state index contributed by atoms with van der Waals surface area (Å²) in [5.74, 6) is -1.59. The van der Waals surface area contributed by atoms with Crippen molar-refractivity contribution in [3.05, 3.63) is 71.8 Å². The van der Waals surface area contributed by atoms with Gasteiger partial charge < -0.3 is 25.6 Å².